The average molecular weight is 381 g/mol. The first-order chi connectivity index (χ1) is 9.76. The van der Waals surface area contributed by atoms with Crippen LogP contribution in [0.25, 0.3) is 0 Å². The molecule has 0 aromatic rings. The van der Waals surface area contributed by atoms with E-state index >= 15 is 0 Å². The van der Waals surface area contributed by atoms with Crippen LogP contribution in [0.5, 0.6) is 0 Å². The Kier molecular flexibility index (Phi) is 8.40. The van der Waals surface area contributed by atoms with Crippen LogP contribution in [0.4, 0.5) is 0 Å². The first-order valence-corrected chi connectivity index (χ1v) is 11.5. The van der Waals surface area contributed by atoms with Crippen molar-refractivity contribution in [2.24, 2.45) is 10.3 Å². The zero-order valence-corrected chi connectivity index (χ0v) is 15.0. The second-order valence-corrected chi connectivity index (χ2v) is 10.3. The van der Waals surface area contributed by atoms with Gasteiger partial charge >= 0.3 is 0 Å². The lowest BCUT2D eigenvalue weighted by Gasteiger charge is -2.28. The first kappa shape index (κ1) is 21.7. The first-order valence-electron chi connectivity index (χ1n) is 6.42. The van der Waals surface area contributed by atoms with Gasteiger partial charge in [0.15, 0.2) is 0 Å². The van der Waals surface area contributed by atoms with Crippen molar-refractivity contribution in [1.82, 2.24) is 9.62 Å². The Balaban J connectivity index is 4.84. The molecule has 0 aliphatic heterocycles. The summed E-state index contributed by atoms with van der Waals surface area (Å²) in [5.41, 5.74) is 0. The van der Waals surface area contributed by atoms with Gasteiger partial charge in [0.1, 0.15) is 5.88 Å². The molecule has 22 heavy (non-hydrogen) atoms. The average Bonchev–Trinajstić information content (AvgIpc) is 2.32. The highest BCUT2D eigenvalue weighted by Gasteiger charge is 2.21. The zero-order valence-electron chi connectivity index (χ0n) is 12.6. The summed E-state index contributed by atoms with van der Waals surface area (Å²) >= 11 is 0. The van der Waals surface area contributed by atoms with E-state index in [9.17, 15) is 25.3 Å². The third kappa shape index (κ3) is 11.3. The molecule has 10 nitrogen and oxygen atoms in total. The Hall–Kier alpha value is -0.310. The smallest absolute Gasteiger partial charge is 0.224 e. The fraction of sp³-hybridized carbons (Fsp3) is 1.00. The number of primary sulfonamides is 2. The number of nitrogens with one attached hydrogen (secondary N) is 1. The molecule has 0 heterocycles. The molecule has 13 heteroatoms. The Morgan fingerprint density at radius 3 is 1.91 bits per heavy atom. The highest BCUT2D eigenvalue weighted by molar-refractivity contribution is 7.89. The number of hydrogen-bond acceptors (Lipinski definition) is 7. The maximum Gasteiger partial charge on any atom is 0.224 e. The van der Waals surface area contributed by atoms with Gasteiger partial charge in [0.2, 0.25) is 30.1 Å². The molecule has 0 rings (SSSR count). The second-order valence-electron chi connectivity index (χ2n) is 4.99. The van der Waals surface area contributed by atoms with Crippen LogP contribution < -0.4 is 15.0 Å². The molecule has 0 spiro atoms. The monoisotopic (exact) mass is 380 g/mol. The van der Waals surface area contributed by atoms with Crippen molar-refractivity contribution in [3.63, 3.8) is 0 Å². The van der Waals surface area contributed by atoms with E-state index in [2.05, 4.69) is 4.72 Å². The van der Waals surface area contributed by atoms with E-state index in [1.54, 1.807) is 6.92 Å². The molecule has 0 aliphatic rings. The standard InChI is InChI=1S/C9H24N4O6S3/c1-9(4-7-21(11,16)17)13(8-22(18,19)12-2)5-3-6-20(10,14)15/h9,12H,3-8H2,1-2H3,(H2,10,14,15)(H2,11,16,17). The van der Waals surface area contributed by atoms with Gasteiger partial charge in [0, 0.05) is 12.6 Å². The molecule has 134 valence electrons. The largest absolute Gasteiger partial charge is 0.286 e. The second kappa shape index (κ2) is 8.52. The molecular formula is C9H24N4O6S3. The van der Waals surface area contributed by atoms with Gasteiger partial charge < -0.3 is 0 Å². The maximum atomic E-state index is 11.6. The summed E-state index contributed by atoms with van der Waals surface area (Å²) in [6.07, 6.45) is 0.269. The Morgan fingerprint density at radius 1 is 1.00 bits per heavy atom. The van der Waals surface area contributed by atoms with Gasteiger partial charge in [-0.05, 0) is 26.8 Å². The van der Waals surface area contributed by atoms with E-state index in [1.165, 1.54) is 11.9 Å². The van der Waals surface area contributed by atoms with Crippen LogP contribution in [0.2, 0.25) is 0 Å². The number of hydrogen-bond donors (Lipinski definition) is 3. The van der Waals surface area contributed by atoms with Crippen LogP contribution in [0.15, 0.2) is 0 Å². The fourth-order valence-electron chi connectivity index (χ4n) is 1.68. The van der Waals surface area contributed by atoms with Crippen molar-refractivity contribution in [3.8, 4) is 0 Å². The lowest BCUT2D eigenvalue weighted by atomic mass is 10.2. The van der Waals surface area contributed by atoms with Crippen LogP contribution in [0, 0.1) is 0 Å². The minimum Gasteiger partial charge on any atom is -0.286 e. The topological polar surface area (TPSA) is 170 Å². The molecule has 0 fully saturated rings. The van der Waals surface area contributed by atoms with Gasteiger partial charge in [-0.1, -0.05) is 0 Å². The number of sulfonamides is 3. The maximum absolute atomic E-state index is 11.6. The summed E-state index contributed by atoms with van der Waals surface area (Å²) < 4.78 is 69.2. The van der Waals surface area contributed by atoms with Crippen molar-refractivity contribution in [3.05, 3.63) is 0 Å². The predicted molar refractivity (Wildman–Crippen MR) is 84.2 cm³/mol. The SMILES string of the molecule is CNS(=O)(=O)CN(CCCS(N)(=O)=O)C(C)CCS(N)(=O)=O. The van der Waals surface area contributed by atoms with E-state index in [4.69, 9.17) is 10.3 Å². The van der Waals surface area contributed by atoms with E-state index in [0.717, 1.165) is 0 Å². The van der Waals surface area contributed by atoms with Crippen LogP contribution in [0.3, 0.4) is 0 Å². The van der Waals surface area contributed by atoms with Crippen LogP contribution >= 0.6 is 0 Å². The molecule has 0 aromatic carbocycles. The number of rotatable bonds is 11. The molecule has 0 radical (unpaired) electrons. The van der Waals surface area contributed by atoms with E-state index in [-0.39, 0.29) is 36.8 Å². The van der Waals surface area contributed by atoms with Gasteiger partial charge in [0.05, 0.1) is 11.5 Å². The van der Waals surface area contributed by atoms with Crippen LogP contribution in [-0.4, -0.2) is 67.2 Å². The molecule has 0 aliphatic carbocycles. The van der Waals surface area contributed by atoms with Crippen LogP contribution in [0.1, 0.15) is 19.8 Å². The summed E-state index contributed by atoms with van der Waals surface area (Å²) in [6, 6.07) is -0.415. The summed E-state index contributed by atoms with van der Waals surface area (Å²) in [4.78, 5) is 1.47. The van der Waals surface area contributed by atoms with Crippen LogP contribution in [-0.2, 0) is 30.1 Å². The van der Waals surface area contributed by atoms with Gasteiger partial charge in [-0.2, -0.15) is 0 Å². The third-order valence-corrected chi connectivity index (χ3v) is 5.92. The molecule has 1 unspecified atom stereocenters. The highest BCUT2D eigenvalue weighted by Crippen LogP contribution is 2.08. The molecule has 1 atom stereocenters. The molecule has 0 bridgehead atoms. The van der Waals surface area contributed by atoms with E-state index in [0.29, 0.717) is 0 Å². The normalized spacial score (nSPS) is 15.1. The van der Waals surface area contributed by atoms with Gasteiger partial charge in [-0.15, -0.1) is 0 Å². The Labute approximate surface area is 132 Å². The van der Waals surface area contributed by atoms with E-state index < -0.39 is 36.1 Å². The third-order valence-electron chi connectivity index (χ3n) is 2.96. The number of nitrogens with two attached hydrogens (primary N) is 2. The van der Waals surface area contributed by atoms with E-state index in [1.807, 2.05) is 0 Å². The summed E-state index contributed by atoms with van der Waals surface area (Å²) in [5.74, 6) is -0.954. The number of nitrogens with zero attached hydrogens (tertiary/aromatic N) is 1. The minimum atomic E-state index is -3.65. The van der Waals surface area contributed by atoms with Crippen molar-refractivity contribution >= 4 is 30.1 Å². The summed E-state index contributed by atoms with van der Waals surface area (Å²) in [6.45, 7) is 1.79. The fourth-order valence-corrected chi connectivity index (χ4v) is 3.83. The Morgan fingerprint density at radius 2 is 1.50 bits per heavy atom. The molecule has 5 N–H and O–H groups in total. The van der Waals surface area contributed by atoms with Crippen molar-refractivity contribution < 1.29 is 25.3 Å². The van der Waals surface area contributed by atoms with Crippen molar-refractivity contribution in [2.75, 3.05) is 31.0 Å². The van der Waals surface area contributed by atoms with Gasteiger partial charge in [-0.3, -0.25) is 4.90 Å². The molecule has 0 saturated heterocycles. The van der Waals surface area contributed by atoms with Gasteiger partial charge in [-0.25, -0.2) is 40.3 Å². The predicted octanol–water partition coefficient (Wildman–Crippen LogP) is -2.46. The molecular weight excluding hydrogens is 356 g/mol. The molecule has 0 amide bonds. The van der Waals surface area contributed by atoms with Crippen molar-refractivity contribution in [1.29, 1.82) is 0 Å². The highest BCUT2D eigenvalue weighted by atomic mass is 32.2. The van der Waals surface area contributed by atoms with Crippen molar-refractivity contribution in [2.45, 2.75) is 25.8 Å². The quantitative estimate of drug-likeness (QED) is 0.357. The lowest BCUT2D eigenvalue weighted by Crippen LogP contribution is -2.42. The summed E-state index contributed by atoms with van der Waals surface area (Å²) in [7, 11) is -9.60. The zero-order chi connectivity index (χ0) is 17.6. The van der Waals surface area contributed by atoms with Gasteiger partial charge in [0.25, 0.3) is 0 Å². The Bertz CT molecular complexity index is 643. The lowest BCUT2D eigenvalue weighted by molar-refractivity contribution is 0.236. The summed E-state index contributed by atoms with van der Waals surface area (Å²) in [5, 5.41) is 9.82. The molecule has 0 saturated carbocycles. The minimum absolute atomic E-state index is 0.132. The molecule has 0 aromatic heterocycles.